The van der Waals surface area contributed by atoms with Gasteiger partial charge in [0, 0.05) is 5.92 Å². The first-order valence-corrected chi connectivity index (χ1v) is 6.35. The van der Waals surface area contributed by atoms with Gasteiger partial charge in [-0.25, -0.2) is 9.69 Å². The van der Waals surface area contributed by atoms with Crippen molar-refractivity contribution in [3.05, 3.63) is 0 Å². The molecule has 1 aliphatic heterocycles. The average molecular weight is 276 g/mol. The second kappa shape index (κ2) is 3.84. The van der Waals surface area contributed by atoms with Gasteiger partial charge >= 0.3 is 6.09 Å². The third kappa shape index (κ3) is 1.89. The van der Waals surface area contributed by atoms with Crippen molar-refractivity contribution in [2.24, 2.45) is 11.8 Å². The van der Waals surface area contributed by atoms with E-state index in [1.807, 2.05) is 0 Å². The van der Waals surface area contributed by atoms with E-state index in [9.17, 15) is 14.7 Å². The van der Waals surface area contributed by atoms with E-state index in [2.05, 4.69) is 0 Å². The topological polar surface area (TPSA) is 66.8 Å². The second-order valence-corrected chi connectivity index (χ2v) is 6.91. The number of likely N-dealkylation sites (tertiary alicyclic amines) is 1. The molecule has 0 radical (unpaired) electrons. The number of hydrogen-bond donors (Lipinski definition) is 1. The summed E-state index contributed by atoms with van der Waals surface area (Å²) >= 11 is 6.17. The molecule has 2 aliphatic rings. The summed E-state index contributed by atoms with van der Waals surface area (Å²) in [6.07, 6.45) is -0.703. The molecule has 5 nitrogen and oxygen atoms in total. The van der Waals surface area contributed by atoms with Crippen LogP contribution in [0, 0.1) is 11.8 Å². The number of rotatable bonds is 1. The summed E-state index contributed by atoms with van der Waals surface area (Å²) in [4.78, 5) is 24.4. The van der Waals surface area contributed by atoms with Gasteiger partial charge in [-0.15, -0.1) is 11.6 Å². The van der Waals surface area contributed by atoms with Crippen LogP contribution >= 0.6 is 11.6 Å². The smallest absolute Gasteiger partial charge is 0.417 e. The highest BCUT2D eigenvalue weighted by atomic mass is 35.5. The number of ether oxygens (including phenoxy) is 1. The number of hydrogen-bond acceptors (Lipinski definition) is 4. The molecule has 1 N–H and O–H groups in total. The van der Waals surface area contributed by atoms with Crippen LogP contribution in [-0.4, -0.2) is 45.1 Å². The highest BCUT2D eigenvalue weighted by Gasteiger charge is 2.75. The van der Waals surface area contributed by atoms with Crippen LogP contribution in [0.1, 0.15) is 27.7 Å². The van der Waals surface area contributed by atoms with Crippen LogP contribution in [0.2, 0.25) is 0 Å². The highest BCUT2D eigenvalue weighted by Crippen LogP contribution is 2.63. The van der Waals surface area contributed by atoms with E-state index >= 15 is 0 Å². The maximum absolute atomic E-state index is 12.1. The molecular formula is C12H18ClNO4. The number of halogens is 1. The van der Waals surface area contributed by atoms with Gasteiger partial charge in [-0.2, -0.15) is 0 Å². The van der Waals surface area contributed by atoms with Crippen LogP contribution < -0.4 is 0 Å². The van der Waals surface area contributed by atoms with Crippen molar-refractivity contribution >= 4 is 23.6 Å². The molecule has 18 heavy (non-hydrogen) atoms. The number of carbonyl (C=O) groups excluding carboxylic acids is 2. The minimum atomic E-state index is -0.703. The molecule has 0 bridgehead atoms. The molecule has 0 aromatic rings. The number of amides is 2. The Bertz CT molecular complexity index is 401. The zero-order valence-electron chi connectivity index (χ0n) is 10.9. The van der Waals surface area contributed by atoms with E-state index in [0.29, 0.717) is 0 Å². The van der Waals surface area contributed by atoms with E-state index in [1.54, 1.807) is 27.7 Å². The standard InChI is InChI=1S/C12H18ClNO4/c1-11(2,3)18-10(17)14-6(5-15)7-8(9(14)16)12(7,4)13/h6-8,15H,5H2,1-4H3/t6-,7-,8-,12?/m1/s1. The van der Waals surface area contributed by atoms with E-state index in [1.165, 1.54) is 0 Å². The van der Waals surface area contributed by atoms with E-state index in [4.69, 9.17) is 16.3 Å². The Kier molecular flexibility index (Phi) is 2.91. The molecule has 6 heteroatoms. The molecule has 2 amide bonds. The van der Waals surface area contributed by atoms with Gasteiger partial charge in [0.1, 0.15) is 5.60 Å². The summed E-state index contributed by atoms with van der Waals surface area (Å²) in [5.74, 6) is -0.904. The van der Waals surface area contributed by atoms with Crippen molar-refractivity contribution in [2.75, 3.05) is 6.61 Å². The number of piperidine rings is 1. The Morgan fingerprint density at radius 2 is 2.11 bits per heavy atom. The summed E-state index contributed by atoms with van der Waals surface area (Å²) in [6, 6.07) is -0.570. The van der Waals surface area contributed by atoms with Crippen molar-refractivity contribution in [2.45, 2.75) is 44.2 Å². The molecule has 0 aromatic carbocycles. The number of aliphatic hydroxyl groups is 1. The van der Waals surface area contributed by atoms with Gasteiger partial charge in [-0.1, -0.05) is 0 Å². The van der Waals surface area contributed by atoms with Crippen molar-refractivity contribution in [3.63, 3.8) is 0 Å². The van der Waals surface area contributed by atoms with Gasteiger partial charge in [0.2, 0.25) is 5.91 Å². The Hall–Kier alpha value is -0.810. The fourth-order valence-electron chi connectivity index (χ4n) is 2.71. The van der Waals surface area contributed by atoms with Crippen molar-refractivity contribution in [1.29, 1.82) is 0 Å². The van der Waals surface area contributed by atoms with Gasteiger partial charge in [-0.05, 0) is 27.7 Å². The van der Waals surface area contributed by atoms with Crippen LogP contribution in [0.25, 0.3) is 0 Å². The molecular weight excluding hydrogens is 258 g/mol. The number of carbonyl (C=O) groups is 2. The largest absolute Gasteiger partial charge is 0.443 e. The molecule has 0 spiro atoms. The Morgan fingerprint density at radius 3 is 2.56 bits per heavy atom. The molecule has 1 saturated carbocycles. The first-order chi connectivity index (χ1) is 8.11. The summed E-state index contributed by atoms with van der Waals surface area (Å²) in [5, 5.41) is 9.37. The highest BCUT2D eigenvalue weighted by molar-refractivity contribution is 6.29. The molecule has 1 heterocycles. The normalized spacial score (nSPS) is 38.7. The minimum absolute atomic E-state index is 0.177. The lowest BCUT2D eigenvalue weighted by atomic mass is 10.1. The van der Waals surface area contributed by atoms with Crippen LogP contribution in [-0.2, 0) is 9.53 Å². The average Bonchev–Trinajstić information content (AvgIpc) is 2.60. The SMILES string of the molecule is CC(C)(C)OC(=O)N1C(=O)[C@H]2[C@@H]([C@H]1CO)C2(C)Cl. The monoisotopic (exact) mass is 275 g/mol. The number of nitrogens with zero attached hydrogens (tertiary/aromatic N) is 1. The number of alkyl halides is 1. The van der Waals surface area contributed by atoms with Crippen molar-refractivity contribution in [3.8, 4) is 0 Å². The molecule has 102 valence electrons. The summed E-state index contributed by atoms with van der Waals surface area (Å²) < 4.78 is 5.17. The Balaban J connectivity index is 2.16. The quantitative estimate of drug-likeness (QED) is 0.734. The van der Waals surface area contributed by atoms with Gasteiger partial charge in [0.25, 0.3) is 0 Å². The first-order valence-electron chi connectivity index (χ1n) is 5.97. The molecule has 0 aromatic heterocycles. The molecule has 4 atom stereocenters. The summed E-state index contributed by atoms with van der Waals surface area (Å²) in [7, 11) is 0. The lowest BCUT2D eigenvalue weighted by Crippen LogP contribution is -2.48. The van der Waals surface area contributed by atoms with Gasteiger partial charge in [0.05, 0.1) is 23.4 Å². The zero-order valence-corrected chi connectivity index (χ0v) is 11.7. The van der Waals surface area contributed by atoms with Crippen molar-refractivity contribution < 1.29 is 19.4 Å². The van der Waals surface area contributed by atoms with E-state index < -0.39 is 22.6 Å². The van der Waals surface area contributed by atoms with Crippen LogP contribution in [0.4, 0.5) is 4.79 Å². The Morgan fingerprint density at radius 1 is 1.56 bits per heavy atom. The summed E-state index contributed by atoms with van der Waals surface area (Å²) in [6.45, 7) is 6.66. The van der Waals surface area contributed by atoms with Crippen LogP contribution in [0.5, 0.6) is 0 Å². The van der Waals surface area contributed by atoms with Gasteiger partial charge < -0.3 is 9.84 Å². The van der Waals surface area contributed by atoms with Crippen molar-refractivity contribution in [1.82, 2.24) is 4.90 Å². The molecule has 1 unspecified atom stereocenters. The number of fused-ring (bicyclic) bond motifs is 1. The maximum atomic E-state index is 12.1. The molecule has 2 fully saturated rings. The molecule has 2 rings (SSSR count). The third-order valence-electron chi connectivity index (χ3n) is 3.54. The molecule has 1 aliphatic carbocycles. The van der Waals surface area contributed by atoms with Gasteiger partial charge in [0.15, 0.2) is 0 Å². The van der Waals surface area contributed by atoms with Gasteiger partial charge in [-0.3, -0.25) is 4.79 Å². The predicted octanol–water partition coefficient (Wildman–Crippen LogP) is 1.37. The molecule has 1 saturated heterocycles. The summed E-state index contributed by atoms with van der Waals surface area (Å²) in [5.41, 5.74) is -0.672. The number of aliphatic hydroxyl groups excluding tert-OH is 1. The third-order valence-corrected chi connectivity index (χ3v) is 4.02. The van der Waals surface area contributed by atoms with Crippen LogP contribution in [0.3, 0.4) is 0 Å². The second-order valence-electron chi connectivity index (χ2n) is 6.09. The Labute approximate surface area is 111 Å². The maximum Gasteiger partial charge on any atom is 0.417 e. The first kappa shape index (κ1) is 13.6. The fraction of sp³-hybridized carbons (Fsp3) is 0.833. The minimum Gasteiger partial charge on any atom is -0.443 e. The van der Waals surface area contributed by atoms with E-state index in [-0.39, 0.29) is 24.3 Å². The van der Waals surface area contributed by atoms with E-state index in [0.717, 1.165) is 4.90 Å². The fourth-order valence-corrected chi connectivity index (χ4v) is 3.15. The predicted molar refractivity (Wildman–Crippen MR) is 65.2 cm³/mol. The number of imide groups is 1. The van der Waals surface area contributed by atoms with Crippen LogP contribution in [0.15, 0.2) is 0 Å². The zero-order chi connectivity index (χ0) is 13.9. The lowest BCUT2D eigenvalue weighted by Gasteiger charge is -2.29. The lowest BCUT2D eigenvalue weighted by molar-refractivity contribution is -0.131.